The molecule has 0 aromatic heterocycles. The molecule has 0 saturated heterocycles. The SMILES string of the molecule is CCCC1Oc2c(cc(Cl)c3ccccc23)C1NCC. The summed E-state index contributed by atoms with van der Waals surface area (Å²) in [5, 5.41) is 6.54. The zero-order valence-electron chi connectivity index (χ0n) is 11.9. The van der Waals surface area contributed by atoms with Crippen LogP contribution in [0.4, 0.5) is 0 Å². The highest BCUT2D eigenvalue weighted by atomic mass is 35.5. The minimum absolute atomic E-state index is 0.205. The van der Waals surface area contributed by atoms with Crippen LogP contribution in [0.25, 0.3) is 10.8 Å². The molecule has 1 N–H and O–H groups in total. The van der Waals surface area contributed by atoms with Gasteiger partial charge in [0.1, 0.15) is 11.9 Å². The molecule has 2 nitrogen and oxygen atoms in total. The number of hydrogen-bond acceptors (Lipinski definition) is 2. The summed E-state index contributed by atoms with van der Waals surface area (Å²) in [7, 11) is 0. The molecule has 0 amide bonds. The van der Waals surface area contributed by atoms with E-state index in [-0.39, 0.29) is 12.1 Å². The Morgan fingerprint density at radius 3 is 2.65 bits per heavy atom. The monoisotopic (exact) mass is 289 g/mol. The number of rotatable bonds is 4. The van der Waals surface area contributed by atoms with Crippen molar-refractivity contribution in [2.75, 3.05) is 6.54 Å². The molecule has 0 bridgehead atoms. The first kappa shape index (κ1) is 13.7. The van der Waals surface area contributed by atoms with Crippen molar-refractivity contribution in [2.24, 2.45) is 0 Å². The zero-order valence-corrected chi connectivity index (χ0v) is 12.7. The maximum Gasteiger partial charge on any atom is 0.132 e. The molecule has 2 aromatic rings. The van der Waals surface area contributed by atoms with Crippen molar-refractivity contribution in [1.29, 1.82) is 0 Å². The first-order chi connectivity index (χ1) is 9.76. The van der Waals surface area contributed by atoms with E-state index in [0.29, 0.717) is 0 Å². The summed E-state index contributed by atoms with van der Waals surface area (Å²) < 4.78 is 6.26. The minimum Gasteiger partial charge on any atom is -0.487 e. The molecule has 2 aromatic carbocycles. The number of halogens is 1. The van der Waals surface area contributed by atoms with Gasteiger partial charge < -0.3 is 10.1 Å². The third kappa shape index (κ3) is 2.17. The minimum atomic E-state index is 0.205. The fourth-order valence-corrected chi connectivity index (χ4v) is 3.36. The van der Waals surface area contributed by atoms with Crippen LogP contribution >= 0.6 is 11.6 Å². The third-order valence-corrected chi connectivity index (χ3v) is 4.26. The Labute approximate surface area is 125 Å². The lowest BCUT2D eigenvalue weighted by atomic mass is 9.98. The van der Waals surface area contributed by atoms with Crippen LogP contribution in [0.3, 0.4) is 0 Å². The van der Waals surface area contributed by atoms with Gasteiger partial charge in [0, 0.05) is 21.4 Å². The van der Waals surface area contributed by atoms with Crippen molar-refractivity contribution in [3.05, 3.63) is 40.9 Å². The highest BCUT2D eigenvalue weighted by Gasteiger charge is 2.34. The molecular weight excluding hydrogens is 270 g/mol. The predicted octanol–water partition coefficient (Wildman–Crippen LogP) is 4.70. The summed E-state index contributed by atoms with van der Waals surface area (Å²) in [5.74, 6) is 1.01. The van der Waals surface area contributed by atoms with Crippen molar-refractivity contribution >= 4 is 22.4 Å². The van der Waals surface area contributed by atoms with E-state index in [4.69, 9.17) is 16.3 Å². The van der Waals surface area contributed by atoms with E-state index in [1.165, 1.54) is 5.56 Å². The van der Waals surface area contributed by atoms with Crippen LogP contribution in [0.2, 0.25) is 5.02 Å². The van der Waals surface area contributed by atoms with E-state index in [0.717, 1.165) is 40.9 Å². The van der Waals surface area contributed by atoms with Crippen LogP contribution in [-0.2, 0) is 0 Å². The van der Waals surface area contributed by atoms with Crippen LogP contribution in [0.15, 0.2) is 30.3 Å². The number of hydrogen-bond donors (Lipinski definition) is 1. The molecule has 106 valence electrons. The molecule has 3 rings (SSSR count). The Morgan fingerprint density at radius 2 is 1.95 bits per heavy atom. The first-order valence-corrected chi connectivity index (χ1v) is 7.75. The van der Waals surface area contributed by atoms with Crippen molar-refractivity contribution in [3.8, 4) is 5.75 Å². The van der Waals surface area contributed by atoms with Crippen molar-refractivity contribution in [3.63, 3.8) is 0 Å². The Balaban J connectivity index is 2.14. The van der Waals surface area contributed by atoms with E-state index in [9.17, 15) is 0 Å². The van der Waals surface area contributed by atoms with Crippen LogP contribution in [0.5, 0.6) is 5.75 Å². The van der Waals surface area contributed by atoms with Gasteiger partial charge >= 0.3 is 0 Å². The summed E-state index contributed by atoms with van der Waals surface area (Å²) in [4.78, 5) is 0. The van der Waals surface area contributed by atoms with Crippen LogP contribution < -0.4 is 10.1 Å². The predicted molar refractivity (Wildman–Crippen MR) is 84.7 cm³/mol. The molecule has 0 aliphatic carbocycles. The van der Waals surface area contributed by atoms with E-state index in [1.54, 1.807) is 0 Å². The Morgan fingerprint density at radius 1 is 1.20 bits per heavy atom. The lowest BCUT2D eigenvalue weighted by Gasteiger charge is -2.19. The molecule has 20 heavy (non-hydrogen) atoms. The number of likely N-dealkylation sites (N-methyl/N-ethyl adjacent to an activating group) is 1. The van der Waals surface area contributed by atoms with Gasteiger partial charge in [-0.3, -0.25) is 0 Å². The molecule has 1 aliphatic heterocycles. The summed E-state index contributed by atoms with van der Waals surface area (Å²) >= 11 is 6.45. The van der Waals surface area contributed by atoms with E-state index < -0.39 is 0 Å². The summed E-state index contributed by atoms with van der Waals surface area (Å²) in [6, 6.07) is 10.5. The fourth-order valence-electron chi connectivity index (χ4n) is 3.08. The van der Waals surface area contributed by atoms with Gasteiger partial charge in [0.25, 0.3) is 0 Å². The second-order valence-corrected chi connectivity index (χ2v) is 5.71. The van der Waals surface area contributed by atoms with Gasteiger partial charge in [-0.1, -0.05) is 56.1 Å². The van der Waals surface area contributed by atoms with Gasteiger partial charge in [0.05, 0.1) is 6.04 Å². The highest BCUT2D eigenvalue weighted by molar-refractivity contribution is 6.36. The molecule has 3 heteroatoms. The number of benzene rings is 2. The van der Waals surface area contributed by atoms with Crippen LogP contribution in [-0.4, -0.2) is 12.6 Å². The maximum absolute atomic E-state index is 6.45. The molecule has 2 atom stereocenters. The Kier molecular flexibility index (Phi) is 3.86. The summed E-state index contributed by atoms with van der Waals surface area (Å²) in [6.07, 6.45) is 2.38. The summed E-state index contributed by atoms with van der Waals surface area (Å²) in [6.45, 7) is 5.25. The zero-order chi connectivity index (χ0) is 14.1. The van der Waals surface area contributed by atoms with Gasteiger partial charge in [-0.15, -0.1) is 0 Å². The number of nitrogens with one attached hydrogen (secondary N) is 1. The van der Waals surface area contributed by atoms with Gasteiger partial charge in [-0.25, -0.2) is 0 Å². The second kappa shape index (κ2) is 5.63. The Hall–Kier alpha value is -1.25. The third-order valence-electron chi connectivity index (χ3n) is 3.95. The molecule has 0 spiro atoms. The van der Waals surface area contributed by atoms with Crippen molar-refractivity contribution in [1.82, 2.24) is 5.32 Å². The second-order valence-electron chi connectivity index (χ2n) is 5.30. The molecule has 1 heterocycles. The smallest absolute Gasteiger partial charge is 0.132 e. The molecule has 2 unspecified atom stereocenters. The highest BCUT2D eigenvalue weighted by Crippen LogP contribution is 2.45. The van der Waals surface area contributed by atoms with Crippen molar-refractivity contribution in [2.45, 2.75) is 38.8 Å². The van der Waals surface area contributed by atoms with Crippen LogP contribution in [0, 0.1) is 0 Å². The van der Waals surface area contributed by atoms with Gasteiger partial charge in [0.15, 0.2) is 0 Å². The number of ether oxygens (including phenoxy) is 1. The quantitative estimate of drug-likeness (QED) is 0.880. The molecule has 1 aliphatic rings. The van der Waals surface area contributed by atoms with E-state index in [1.807, 2.05) is 12.1 Å². The van der Waals surface area contributed by atoms with E-state index >= 15 is 0 Å². The standard InChI is InChI=1S/C17H20ClNO/c1-3-7-15-16(19-4-2)13-10-14(18)11-8-5-6-9-12(11)17(13)20-15/h5-6,8-10,15-16,19H,3-4,7H2,1-2H3. The van der Waals surface area contributed by atoms with Gasteiger partial charge in [-0.2, -0.15) is 0 Å². The average Bonchev–Trinajstić information content (AvgIpc) is 2.79. The lowest BCUT2D eigenvalue weighted by Crippen LogP contribution is -2.30. The first-order valence-electron chi connectivity index (χ1n) is 7.37. The van der Waals surface area contributed by atoms with Crippen molar-refractivity contribution < 1.29 is 4.74 Å². The molecule has 0 radical (unpaired) electrons. The number of fused-ring (bicyclic) bond motifs is 3. The molecule has 0 saturated carbocycles. The maximum atomic E-state index is 6.45. The average molecular weight is 290 g/mol. The topological polar surface area (TPSA) is 21.3 Å². The van der Waals surface area contributed by atoms with Crippen LogP contribution in [0.1, 0.15) is 38.3 Å². The molecular formula is C17H20ClNO. The Bertz CT molecular complexity index is 626. The normalized spacial score (nSPS) is 20.9. The molecule has 0 fully saturated rings. The largest absolute Gasteiger partial charge is 0.487 e. The van der Waals surface area contributed by atoms with Gasteiger partial charge in [-0.05, 0) is 19.0 Å². The summed E-state index contributed by atoms with van der Waals surface area (Å²) in [5.41, 5.74) is 1.20. The fraction of sp³-hybridized carbons (Fsp3) is 0.412. The lowest BCUT2D eigenvalue weighted by molar-refractivity contribution is 0.180. The van der Waals surface area contributed by atoms with E-state index in [2.05, 4.69) is 37.4 Å². The van der Waals surface area contributed by atoms with Gasteiger partial charge in [0.2, 0.25) is 0 Å².